The van der Waals surface area contributed by atoms with Gasteiger partial charge >= 0.3 is 5.97 Å². The summed E-state index contributed by atoms with van der Waals surface area (Å²) in [6.45, 7) is 4.05. The molecule has 0 bridgehead atoms. The van der Waals surface area contributed by atoms with Crippen LogP contribution >= 0.6 is 0 Å². The van der Waals surface area contributed by atoms with E-state index in [2.05, 4.69) is 4.90 Å². The topological polar surface area (TPSA) is 70.0 Å². The average Bonchev–Trinajstić information content (AvgIpc) is 2.42. The molecule has 0 radical (unpaired) electrons. The Bertz CT molecular complexity index is 493. The number of carbonyl (C=O) groups is 1. The van der Waals surface area contributed by atoms with Gasteiger partial charge in [0.1, 0.15) is 0 Å². The number of carboxylic acids is 1. The van der Waals surface area contributed by atoms with Gasteiger partial charge in [-0.3, -0.25) is 9.69 Å². The van der Waals surface area contributed by atoms with Crippen LogP contribution in [0.15, 0.2) is 18.2 Å². The summed E-state index contributed by atoms with van der Waals surface area (Å²) in [4.78, 5) is 13.4. The number of ether oxygens (including phenoxy) is 1. The molecule has 110 valence electrons. The number of piperidine rings is 1. The zero-order valence-corrected chi connectivity index (χ0v) is 11.9. The van der Waals surface area contributed by atoms with Crippen molar-refractivity contribution in [1.82, 2.24) is 4.90 Å². The molecule has 1 aliphatic heterocycles. The van der Waals surface area contributed by atoms with E-state index in [1.165, 1.54) is 7.11 Å². The molecule has 0 aromatic heterocycles. The summed E-state index contributed by atoms with van der Waals surface area (Å²) in [6.07, 6.45) is 1.31. The summed E-state index contributed by atoms with van der Waals surface area (Å²) in [5.74, 6) is -0.109. The fraction of sp³-hybridized carbons (Fsp3) is 0.533. The third-order valence-electron chi connectivity index (χ3n) is 4.13. The Kier molecular flexibility index (Phi) is 4.18. The first kappa shape index (κ1) is 14.7. The number of phenolic OH excluding ortho intramolecular Hbond substituents is 1. The maximum atomic E-state index is 11.2. The van der Waals surface area contributed by atoms with Crippen molar-refractivity contribution in [3.05, 3.63) is 23.8 Å². The molecular weight excluding hydrogens is 258 g/mol. The van der Waals surface area contributed by atoms with Gasteiger partial charge in [0.05, 0.1) is 12.5 Å². The van der Waals surface area contributed by atoms with Gasteiger partial charge in [0.2, 0.25) is 0 Å². The van der Waals surface area contributed by atoms with Crippen LogP contribution in [-0.2, 0) is 11.3 Å². The zero-order chi connectivity index (χ0) is 14.8. The lowest BCUT2D eigenvalue weighted by Gasteiger charge is -2.36. The third-order valence-corrected chi connectivity index (χ3v) is 4.13. The van der Waals surface area contributed by atoms with Crippen LogP contribution in [-0.4, -0.2) is 41.3 Å². The molecule has 0 spiro atoms. The quantitative estimate of drug-likeness (QED) is 0.883. The highest BCUT2D eigenvalue weighted by molar-refractivity contribution is 5.74. The number of hydrogen-bond acceptors (Lipinski definition) is 4. The summed E-state index contributed by atoms with van der Waals surface area (Å²) >= 11 is 0. The standard InChI is InChI=1S/C15H21NO4/c1-15(14(18)19)5-7-16(8-6-15)10-11-3-4-13(20-2)12(17)9-11/h3-4,9,17H,5-8,10H2,1-2H3,(H,18,19). The fourth-order valence-electron chi connectivity index (χ4n) is 2.51. The van der Waals surface area contributed by atoms with Gasteiger partial charge in [-0.2, -0.15) is 0 Å². The molecule has 0 aliphatic carbocycles. The predicted molar refractivity (Wildman–Crippen MR) is 74.9 cm³/mol. The second kappa shape index (κ2) is 5.71. The second-order valence-corrected chi connectivity index (χ2v) is 5.65. The lowest BCUT2D eigenvalue weighted by molar-refractivity contribution is -0.150. The molecule has 0 atom stereocenters. The first-order valence-electron chi connectivity index (χ1n) is 6.76. The summed E-state index contributed by atoms with van der Waals surface area (Å²) in [7, 11) is 1.52. The van der Waals surface area contributed by atoms with Crippen molar-refractivity contribution in [3.63, 3.8) is 0 Å². The maximum Gasteiger partial charge on any atom is 0.309 e. The van der Waals surface area contributed by atoms with E-state index < -0.39 is 11.4 Å². The number of phenols is 1. The number of aliphatic carboxylic acids is 1. The van der Waals surface area contributed by atoms with Crippen molar-refractivity contribution in [3.8, 4) is 11.5 Å². The number of nitrogens with zero attached hydrogens (tertiary/aromatic N) is 1. The van der Waals surface area contributed by atoms with Gasteiger partial charge in [0.15, 0.2) is 11.5 Å². The fourth-order valence-corrected chi connectivity index (χ4v) is 2.51. The number of aromatic hydroxyl groups is 1. The molecule has 0 saturated carbocycles. The van der Waals surface area contributed by atoms with Gasteiger partial charge in [-0.1, -0.05) is 6.07 Å². The molecule has 20 heavy (non-hydrogen) atoms. The van der Waals surface area contributed by atoms with Gasteiger partial charge in [-0.15, -0.1) is 0 Å². The van der Waals surface area contributed by atoms with Crippen LogP contribution in [0.3, 0.4) is 0 Å². The molecule has 0 unspecified atom stereocenters. The van der Waals surface area contributed by atoms with E-state index in [1.54, 1.807) is 12.1 Å². The Morgan fingerprint density at radius 2 is 2.05 bits per heavy atom. The monoisotopic (exact) mass is 279 g/mol. The van der Waals surface area contributed by atoms with Crippen LogP contribution in [0.4, 0.5) is 0 Å². The van der Waals surface area contributed by atoms with Gasteiger partial charge < -0.3 is 14.9 Å². The Morgan fingerprint density at radius 3 is 2.55 bits per heavy atom. The normalized spacial score (nSPS) is 18.7. The number of benzene rings is 1. The summed E-state index contributed by atoms with van der Waals surface area (Å²) in [5.41, 5.74) is 0.403. The number of methoxy groups -OCH3 is 1. The predicted octanol–water partition coefficient (Wildman–Crippen LogP) is 2.09. The van der Waals surface area contributed by atoms with Crippen molar-refractivity contribution in [1.29, 1.82) is 0 Å². The van der Waals surface area contributed by atoms with E-state index in [1.807, 2.05) is 13.0 Å². The van der Waals surface area contributed by atoms with Crippen molar-refractivity contribution >= 4 is 5.97 Å². The highest BCUT2D eigenvalue weighted by Crippen LogP contribution is 2.32. The van der Waals surface area contributed by atoms with Crippen molar-refractivity contribution < 1.29 is 19.7 Å². The first-order chi connectivity index (χ1) is 9.44. The minimum Gasteiger partial charge on any atom is -0.504 e. The van der Waals surface area contributed by atoms with E-state index in [9.17, 15) is 15.0 Å². The number of carboxylic acid groups (broad SMARTS) is 1. The minimum atomic E-state index is -0.709. The minimum absolute atomic E-state index is 0.136. The Labute approximate surface area is 118 Å². The smallest absolute Gasteiger partial charge is 0.309 e. The van der Waals surface area contributed by atoms with E-state index in [0.717, 1.165) is 18.7 Å². The molecule has 1 fully saturated rings. The Morgan fingerprint density at radius 1 is 1.40 bits per heavy atom. The molecule has 1 aliphatic rings. The molecule has 1 heterocycles. The Balaban J connectivity index is 1.96. The second-order valence-electron chi connectivity index (χ2n) is 5.65. The molecule has 1 saturated heterocycles. The first-order valence-corrected chi connectivity index (χ1v) is 6.76. The van der Waals surface area contributed by atoms with Crippen LogP contribution in [0, 0.1) is 5.41 Å². The van der Waals surface area contributed by atoms with Gasteiger partial charge in [0, 0.05) is 6.54 Å². The van der Waals surface area contributed by atoms with Crippen LogP contribution in [0.5, 0.6) is 11.5 Å². The molecular formula is C15H21NO4. The lowest BCUT2D eigenvalue weighted by Crippen LogP contribution is -2.42. The summed E-state index contributed by atoms with van der Waals surface area (Å²) in [6, 6.07) is 5.36. The maximum absolute atomic E-state index is 11.2. The van der Waals surface area contributed by atoms with E-state index in [0.29, 0.717) is 25.1 Å². The van der Waals surface area contributed by atoms with Gasteiger partial charge in [-0.25, -0.2) is 0 Å². The Hall–Kier alpha value is -1.75. The van der Waals surface area contributed by atoms with Crippen molar-refractivity contribution in [2.75, 3.05) is 20.2 Å². The zero-order valence-electron chi connectivity index (χ0n) is 11.9. The lowest BCUT2D eigenvalue weighted by atomic mass is 9.80. The van der Waals surface area contributed by atoms with E-state index >= 15 is 0 Å². The van der Waals surface area contributed by atoms with Gasteiger partial charge in [-0.05, 0) is 50.6 Å². The van der Waals surface area contributed by atoms with E-state index in [-0.39, 0.29) is 5.75 Å². The molecule has 1 aromatic rings. The molecule has 5 heteroatoms. The van der Waals surface area contributed by atoms with E-state index in [4.69, 9.17) is 4.74 Å². The van der Waals surface area contributed by atoms with Crippen LogP contribution < -0.4 is 4.74 Å². The number of hydrogen-bond donors (Lipinski definition) is 2. The van der Waals surface area contributed by atoms with Gasteiger partial charge in [0.25, 0.3) is 0 Å². The largest absolute Gasteiger partial charge is 0.504 e. The van der Waals surface area contributed by atoms with Crippen LogP contribution in [0.25, 0.3) is 0 Å². The van der Waals surface area contributed by atoms with Crippen molar-refractivity contribution in [2.45, 2.75) is 26.3 Å². The molecule has 5 nitrogen and oxygen atoms in total. The summed E-state index contributed by atoms with van der Waals surface area (Å²) < 4.78 is 5.01. The van der Waals surface area contributed by atoms with Crippen LogP contribution in [0.1, 0.15) is 25.3 Å². The SMILES string of the molecule is COc1ccc(CN2CCC(C)(C(=O)O)CC2)cc1O. The highest BCUT2D eigenvalue weighted by atomic mass is 16.5. The van der Waals surface area contributed by atoms with Crippen molar-refractivity contribution in [2.24, 2.45) is 5.41 Å². The molecule has 2 N–H and O–H groups in total. The average molecular weight is 279 g/mol. The third kappa shape index (κ3) is 3.04. The molecule has 2 rings (SSSR count). The number of rotatable bonds is 4. The van der Waals surface area contributed by atoms with Crippen LogP contribution in [0.2, 0.25) is 0 Å². The highest BCUT2D eigenvalue weighted by Gasteiger charge is 2.36. The molecule has 0 amide bonds. The summed E-state index contributed by atoms with van der Waals surface area (Å²) in [5, 5.41) is 19.0. The number of likely N-dealkylation sites (tertiary alicyclic amines) is 1. The molecule has 1 aromatic carbocycles.